The Kier molecular flexibility index (Phi) is 5.28. The lowest BCUT2D eigenvalue weighted by Gasteiger charge is -2.29. The Morgan fingerprint density at radius 2 is 1.83 bits per heavy atom. The van der Waals surface area contributed by atoms with Crippen molar-refractivity contribution in [2.24, 2.45) is 0 Å². The van der Waals surface area contributed by atoms with Gasteiger partial charge in [0.25, 0.3) is 0 Å². The van der Waals surface area contributed by atoms with Crippen LogP contribution < -0.4 is 4.90 Å². The second-order valence-corrected chi connectivity index (χ2v) is 6.34. The van der Waals surface area contributed by atoms with Gasteiger partial charge in [-0.2, -0.15) is 4.98 Å². The Morgan fingerprint density at radius 1 is 1.09 bits per heavy atom. The van der Waals surface area contributed by atoms with Gasteiger partial charge in [-0.25, -0.2) is 0 Å². The predicted octanol–water partition coefficient (Wildman–Crippen LogP) is 3.25. The summed E-state index contributed by atoms with van der Waals surface area (Å²) in [5.41, 5.74) is 2.66. The van der Waals surface area contributed by atoms with Crippen LogP contribution in [0.25, 0.3) is 0 Å². The van der Waals surface area contributed by atoms with Crippen LogP contribution in [0.4, 0.5) is 5.69 Å². The molecule has 5 heteroatoms. The van der Waals surface area contributed by atoms with E-state index in [2.05, 4.69) is 51.3 Å². The van der Waals surface area contributed by atoms with Gasteiger partial charge in [0.1, 0.15) is 0 Å². The standard InChI is InChI=1S/C18H26N4O/c1-3-17-19-18(23-20-17)14-21(2)13-15-7-9-16(10-8-15)22-11-5-4-6-12-22/h7-10H,3-6,11-14H2,1-2H3. The van der Waals surface area contributed by atoms with Crippen molar-refractivity contribution in [3.05, 3.63) is 41.5 Å². The van der Waals surface area contributed by atoms with Crippen molar-refractivity contribution in [3.8, 4) is 0 Å². The first-order valence-corrected chi connectivity index (χ1v) is 8.58. The molecule has 1 aliphatic heterocycles. The fraction of sp³-hybridized carbons (Fsp3) is 0.556. The molecular formula is C18H26N4O. The topological polar surface area (TPSA) is 45.4 Å². The van der Waals surface area contributed by atoms with Gasteiger partial charge in [0.15, 0.2) is 5.82 Å². The fourth-order valence-corrected chi connectivity index (χ4v) is 3.06. The average Bonchev–Trinajstić information content (AvgIpc) is 3.04. The average molecular weight is 314 g/mol. The van der Waals surface area contributed by atoms with E-state index in [1.54, 1.807) is 0 Å². The van der Waals surface area contributed by atoms with E-state index in [9.17, 15) is 0 Å². The number of nitrogens with zero attached hydrogens (tertiary/aromatic N) is 4. The van der Waals surface area contributed by atoms with Gasteiger partial charge in [-0.1, -0.05) is 24.2 Å². The van der Waals surface area contributed by atoms with Crippen LogP contribution >= 0.6 is 0 Å². The van der Waals surface area contributed by atoms with E-state index in [1.165, 1.54) is 43.6 Å². The molecule has 1 aliphatic rings. The highest BCUT2D eigenvalue weighted by atomic mass is 16.5. The van der Waals surface area contributed by atoms with Crippen molar-refractivity contribution in [1.82, 2.24) is 15.0 Å². The highest BCUT2D eigenvalue weighted by Crippen LogP contribution is 2.20. The highest BCUT2D eigenvalue weighted by molar-refractivity contribution is 5.47. The Labute approximate surface area is 138 Å². The zero-order valence-electron chi connectivity index (χ0n) is 14.2. The molecule has 1 saturated heterocycles. The van der Waals surface area contributed by atoms with Crippen LogP contribution in [0.15, 0.2) is 28.8 Å². The molecule has 0 bridgehead atoms. The lowest BCUT2D eigenvalue weighted by atomic mass is 10.1. The minimum atomic E-state index is 0.681. The Balaban J connectivity index is 1.54. The minimum absolute atomic E-state index is 0.681. The molecule has 0 saturated carbocycles. The number of anilines is 1. The van der Waals surface area contributed by atoms with Crippen molar-refractivity contribution in [1.29, 1.82) is 0 Å². The third-order valence-corrected chi connectivity index (χ3v) is 4.34. The van der Waals surface area contributed by atoms with E-state index in [0.717, 1.165) is 18.8 Å². The van der Waals surface area contributed by atoms with Gasteiger partial charge in [-0.05, 0) is 44.0 Å². The zero-order chi connectivity index (χ0) is 16.1. The van der Waals surface area contributed by atoms with E-state index in [0.29, 0.717) is 12.4 Å². The molecule has 0 aliphatic carbocycles. The summed E-state index contributed by atoms with van der Waals surface area (Å²) in [5, 5.41) is 3.94. The number of hydrogen-bond acceptors (Lipinski definition) is 5. The molecule has 1 aromatic heterocycles. The van der Waals surface area contributed by atoms with Crippen molar-refractivity contribution in [3.63, 3.8) is 0 Å². The monoisotopic (exact) mass is 314 g/mol. The molecular weight excluding hydrogens is 288 g/mol. The maximum absolute atomic E-state index is 5.25. The van der Waals surface area contributed by atoms with Crippen LogP contribution in [-0.2, 0) is 19.5 Å². The van der Waals surface area contributed by atoms with Crippen LogP contribution in [0.3, 0.4) is 0 Å². The summed E-state index contributed by atoms with van der Waals surface area (Å²) in [6.07, 6.45) is 4.81. The van der Waals surface area contributed by atoms with Crippen LogP contribution in [0, 0.1) is 0 Å². The normalized spacial score (nSPS) is 15.3. The smallest absolute Gasteiger partial charge is 0.240 e. The lowest BCUT2D eigenvalue weighted by molar-refractivity contribution is 0.260. The largest absolute Gasteiger partial charge is 0.372 e. The molecule has 0 unspecified atom stereocenters. The minimum Gasteiger partial charge on any atom is -0.372 e. The van der Waals surface area contributed by atoms with Crippen LogP contribution in [0.5, 0.6) is 0 Å². The number of aromatic nitrogens is 2. The molecule has 3 rings (SSSR count). The second-order valence-electron chi connectivity index (χ2n) is 6.34. The number of benzene rings is 1. The third-order valence-electron chi connectivity index (χ3n) is 4.34. The van der Waals surface area contributed by atoms with E-state index >= 15 is 0 Å². The molecule has 0 N–H and O–H groups in total. The Bertz CT molecular complexity index is 602. The fourth-order valence-electron chi connectivity index (χ4n) is 3.06. The lowest BCUT2D eigenvalue weighted by Crippen LogP contribution is -2.29. The van der Waals surface area contributed by atoms with Gasteiger partial charge in [0, 0.05) is 31.7 Å². The van der Waals surface area contributed by atoms with Crippen molar-refractivity contribution >= 4 is 5.69 Å². The Hall–Kier alpha value is -1.88. The summed E-state index contributed by atoms with van der Waals surface area (Å²) in [7, 11) is 2.08. The summed E-state index contributed by atoms with van der Waals surface area (Å²) in [6, 6.07) is 8.95. The van der Waals surface area contributed by atoms with Crippen molar-refractivity contribution in [2.45, 2.75) is 45.7 Å². The molecule has 1 aromatic carbocycles. The van der Waals surface area contributed by atoms with Crippen molar-refractivity contribution < 1.29 is 4.52 Å². The second kappa shape index (κ2) is 7.59. The highest BCUT2D eigenvalue weighted by Gasteiger charge is 2.12. The van der Waals surface area contributed by atoms with Gasteiger partial charge in [-0.3, -0.25) is 4.90 Å². The van der Waals surface area contributed by atoms with Gasteiger partial charge < -0.3 is 9.42 Å². The molecule has 1 fully saturated rings. The number of hydrogen-bond donors (Lipinski definition) is 0. The molecule has 2 heterocycles. The molecule has 0 spiro atoms. The summed E-state index contributed by atoms with van der Waals surface area (Å²) in [5.74, 6) is 1.47. The number of piperidine rings is 1. The van der Waals surface area contributed by atoms with Crippen molar-refractivity contribution in [2.75, 3.05) is 25.0 Å². The summed E-state index contributed by atoms with van der Waals surface area (Å²) < 4.78 is 5.25. The molecule has 5 nitrogen and oxygen atoms in total. The van der Waals surface area contributed by atoms with Crippen LogP contribution in [0.1, 0.15) is 43.5 Å². The maximum Gasteiger partial charge on any atom is 0.240 e. The SMILES string of the molecule is CCc1noc(CN(C)Cc2ccc(N3CCCCC3)cc2)n1. The summed E-state index contributed by atoms with van der Waals surface area (Å²) in [4.78, 5) is 9.04. The van der Waals surface area contributed by atoms with Crippen LogP contribution in [-0.4, -0.2) is 35.2 Å². The first-order chi connectivity index (χ1) is 11.2. The Morgan fingerprint density at radius 3 is 2.48 bits per heavy atom. The molecule has 0 atom stereocenters. The van der Waals surface area contributed by atoms with Gasteiger partial charge in [0.05, 0.1) is 6.54 Å². The van der Waals surface area contributed by atoms with Gasteiger partial charge in [-0.15, -0.1) is 0 Å². The third kappa shape index (κ3) is 4.32. The van der Waals surface area contributed by atoms with E-state index < -0.39 is 0 Å². The van der Waals surface area contributed by atoms with Gasteiger partial charge in [0.2, 0.25) is 5.89 Å². The summed E-state index contributed by atoms with van der Waals surface area (Å²) in [6.45, 7) is 5.97. The van der Waals surface area contributed by atoms with Crippen LogP contribution in [0.2, 0.25) is 0 Å². The van der Waals surface area contributed by atoms with E-state index in [1.807, 2.05) is 6.92 Å². The molecule has 124 valence electrons. The quantitative estimate of drug-likeness (QED) is 0.819. The van der Waals surface area contributed by atoms with E-state index in [-0.39, 0.29) is 0 Å². The number of rotatable bonds is 6. The molecule has 23 heavy (non-hydrogen) atoms. The first kappa shape index (κ1) is 16.0. The maximum atomic E-state index is 5.25. The molecule has 2 aromatic rings. The number of aryl methyl sites for hydroxylation is 1. The zero-order valence-corrected chi connectivity index (χ0v) is 14.2. The molecule has 0 radical (unpaired) electrons. The summed E-state index contributed by atoms with van der Waals surface area (Å²) >= 11 is 0. The predicted molar refractivity (Wildman–Crippen MR) is 91.4 cm³/mol. The molecule has 0 amide bonds. The van der Waals surface area contributed by atoms with Gasteiger partial charge >= 0.3 is 0 Å². The first-order valence-electron chi connectivity index (χ1n) is 8.58. The van der Waals surface area contributed by atoms with E-state index in [4.69, 9.17) is 4.52 Å².